The van der Waals surface area contributed by atoms with E-state index in [1.54, 1.807) is 0 Å². The molecule has 1 heterocycles. The first-order valence-corrected chi connectivity index (χ1v) is 5.89. The van der Waals surface area contributed by atoms with Crippen LogP contribution in [0.25, 0.3) is 0 Å². The lowest BCUT2D eigenvalue weighted by Crippen LogP contribution is -2.38. The third-order valence-corrected chi connectivity index (χ3v) is 2.82. The van der Waals surface area contributed by atoms with E-state index in [2.05, 4.69) is 10.6 Å². The zero-order valence-corrected chi connectivity index (χ0v) is 11.0. The van der Waals surface area contributed by atoms with Gasteiger partial charge in [-0.15, -0.1) is 12.4 Å². The van der Waals surface area contributed by atoms with Crippen molar-refractivity contribution in [3.8, 4) is 0 Å². The fourth-order valence-electron chi connectivity index (χ4n) is 1.87. The highest BCUT2D eigenvalue weighted by molar-refractivity contribution is 5.92. The van der Waals surface area contributed by atoms with Crippen LogP contribution in [0.2, 0.25) is 0 Å². The number of halogens is 1. The smallest absolute Gasteiger partial charge is 0.246 e. The normalized spacial score (nSPS) is 21.1. The number of hydrogen-bond donors (Lipinski definition) is 2. The van der Waals surface area contributed by atoms with Crippen LogP contribution < -0.4 is 10.6 Å². The molecule has 0 radical (unpaired) electrons. The van der Waals surface area contributed by atoms with E-state index >= 15 is 0 Å². The topological polar surface area (TPSA) is 41.1 Å². The first-order valence-electron chi connectivity index (χ1n) is 5.89. The van der Waals surface area contributed by atoms with Gasteiger partial charge in [-0.25, -0.2) is 0 Å². The second kappa shape index (κ2) is 8.59. The molecule has 1 unspecified atom stereocenters. The largest absolute Gasteiger partial charge is 0.352 e. The number of allylic oxidation sites excluding steroid dienone is 1. The Morgan fingerprint density at radius 1 is 1.56 bits per heavy atom. The SMILES string of the molecule is CC/C=C(\C)C(=O)NCC1CCCNC1.Cl. The van der Waals surface area contributed by atoms with E-state index in [9.17, 15) is 4.79 Å². The molecule has 0 aromatic carbocycles. The number of nitrogens with one attached hydrogen (secondary N) is 2. The van der Waals surface area contributed by atoms with Crippen molar-refractivity contribution in [3.05, 3.63) is 11.6 Å². The Labute approximate surface area is 104 Å². The van der Waals surface area contributed by atoms with Crippen molar-refractivity contribution in [1.82, 2.24) is 10.6 Å². The van der Waals surface area contributed by atoms with E-state index in [1.165, 1.54) is 12.8 Å². The third kappa shape index (κ3) is 5.52. The van der Waals surface area contributed by atoms with Crippen molar-refractivity contribution in [3.63, 3.8) is 0 Å². The summed E-state index contributed by atoms with van der Waals surface area (Å²) < 4.78 is 0. The van der Waals surface area contributed by atoms with Gasteiger partial charge < -0.3 is 10.6 Å². The Balaban J connectivity index is 0.00000225. The molecule has 1 rings (SSSR count). The standard InChI is InChI=1S/C12H22N2O.ClH/c1-3-5-10(2)12(15)14-9-11-6-4-7-13-8-11;/h5,11,13H,3-4,6-9H2,1-2H3,(H,14,15);1H/b10-5+;. The molecular formula is C12H23ClN2O. The van der Waals surface area contributed by atoms with Gasteiger partial charge in [0.25, 0.3) is 0 Å². The lowest BCUT2D eigenvalue weighted by molar-refractivity contribution is -0.117. The Hall–Kier alpha value is -0.540. The van der Waals surface area contributed by atoms with Gasteiger partial charge in [0.1, 0.15) is 0 Å². The van der Waals surface area contributed by atoms with Crippen molar-refractivity contribution >= 4 is 18.3 Å². The number of hydrogen-bond acceptors (Lipinski definition) is 2. The Kier molecular flexibility index (Phi) is 8.30. The molecule has 0 spiro atoms. The number of carbonyl (C=O) groups is 1. The summed E-state index contributed by atoms with van der Waals surface area (Å²) in [6, 6.07) is 0. The molecule has 3 nitrogen and oxygen atoms in total. The first-order chi connectivity index (χ1) is 7.24. The van der Waals surface area contributed by atoms with Crippen LogP contribution in [0, 0.1) is 5.92 Å². The van der Waals surface area contributed by atoms with E-state index in [0.29, 0.717) is 5.92 Å². The van der Waals surface area contributed by atoms with Gasteiger partial charge in [-0.3, -0.25) is 4.79 Å². The Morgan fingerprint density at radius 3 is 2.88 bits per heavy atom. The molecule has 0 saturated carbocycles. The lowest BCUT2D eigenvalue weighted by atomic mass is 10.00. The summed E-state index contributed by atoms with van der Waals surface area (Å²) in [5, 5.41) is 6.34. The Bertz CT molecular complexity index is 235. The zero-order valence-electron chi connectivity index (χ0n) is 10.2. The van der Waals surface area contributed by atoms with Crippen LogP contribution in [0.5, 0.6) is 0 Å². The molecule has 0 bridgehead atoms. The number of rotatable bonds is 4. The van der Waals surface area contributed by atoms with Gasteiger partial charge >= 0.3 is 0 Å². The molecule has 1 fully saturated rings. The van der Waals surface area contributed by atoms with E-state index in [0.717, 1.165) is 31.6 Å². The van der Waals surface area contributed by atoms with Crippen LogP contribution in [-0.2, 0) is 4.79 Å². The molecule has 1 amide bonds. The van der Waals surface area contributed by atoms with Crippen LogP contribution in [0.15, 0.2) is 11.6 Å². The van der Waals surface area contributed by atoms with Gasteiger partial charge in [0.05, 0.1) is 0 Å². The zero-order chi connectivity index (χ0) is 11.1. The van der Waals surface area contributed by atoms with Crippen molar-refractivity contribution in [2.45, 2.75) is 33.1 Å². The van der Waals surface area contributed by atoms with Gasteiger partial charge in [-0.05, 0) is 45.2 Å². The summed E-state index contributed by atoms with van der Waals surface area (Å²) in [5.74, 6) is 0.694. The molecule has 1 aliphatic rings. The fourth-order valence-corrected chi connectivity index (χ4v) is 1.87. The first kappa shape index (κ1) is 15.5. The van der Waals surface area contributed by atoms with Gasteiger partial charge in [-0.1, -0.05) is 13.0 Å². The number of piperidine rings is 1. The highest BCUT2D eigenvalue weighted by atomic mass is 35.5. The lowest BCUT2D eigenvalue weighted by Gasteiger charge is -2.22. The van der Waals surface area contributed by atoms with Crippen LogP contribution in [0.4, 0.5) is 0 Å². The second-order valence-corrected chi connectivity index (χ2v) is 4.22. The molecule has 1 atom stereocenters. The van der Waals surface area contributed by atoms with Gasteiger partial charge in [0.15, 0.2) is 0 Å². The van der Waals surface area contributed by atoms with Crippen LogP contribution in [0.1, 0.15) is 33.1 Å². The third-order valence-electron chi connectivity index (χ3n) is 2.82. The maximum Gasteiger partial charge on any atom is 0.246 e. The number of carbonyl (C=O) groups excluding carboxylic acids is 1. The minimum atomic E-state index is 0. The summed E-state index contributed by atoms with van der Waals surface area (Å²) in [5.41, 5.74) is 0.835. The maximum absolute atomic E-state index is 11.6. The highest BCUT2D eigenvalue weighted by Gasteiger charge is 2.13. The van der Waals surface area contributed by atoms with Gasteiger partial charge in [0, 0.05) is 12.1 Å². The van der Waals surface area contributed by atoms with E-state index in [1.807, 2.05) is 19.9 Å². The molecule has 0 aliphatic carbocycles. The maximum atomic E-state index is 11.6. The summed E-state index contributed by atoms with van der Waals surface area (Å²) in [4.78, 5) is 11.6. The molecule has 0 aromatic rings. The van der Waals surface area contributed by atoms with Crippen molar-refractivity contribution < 1.29 is 4.79 Å². The second-order valence-electron chi connectivity index (χ2n) is 4.22. The summed E-state index contributed by atoms with van der Waals surface area (Å²) in [6.45, 7) is 6.89. The average molecular weight is 247 g/mol. The number of amides is 1. The van der Waals surface area contributed by atoms with Gasteiger partial charge in [-0.2, -0.15) is 0 Å². The minimum Gasteiger partial charge on any atom is -0.352 e. The predicted octanol–water partition coefficient (Wildman–Crippen LogP) is 1.88. The van der Waals surface area contributed by atoms with Crippen LogP contribution >= 0.6 is 12.4 Å². The summed E-state index contributed by atoms with van der Waals surface area (Å²) in [7, 11) is 0. The fraction of sp³-hybridized carbons (Fsp3) is 0.750. The monoisotopic (exact) mass is 246 g/mol. The molecular weight excluding hydrogens is 224 g/mol. The molecule has 94 valence electrons. The van der Waals surface area contributed by atoms with Crippen molar-refractivity contribution in [1.29, 1.82) is 0 Å². The molecule has 1 saturated heterocycles. The summed E-state index contributed by atoms with van der Waals surface area (Å²) >= 11 is 0. The minimum absolute atomic E-state index is 0. The Morgan fingerprint density at radius 2 is 2.31 bits per heavy atom. The van der Waals surface area contributed by atoms with Crippen LogP contribution in [0.3, 0.4) is 0 Å². The van der Waals surface area contributed by atoms with Crippen molar-refractivity contribution in [2.24, 2.45) is 5.92 Å². The van der Waals surface area contributed by atoms with Gasteiger partial charge in [0.2, 0.25) is 5.91 Å². The van der Waals surface area contributed by atoms with E-state index < -0.39 is 0 Å². The molecule has 16 heavy (non-hydrogen) atoms. The predicted molar refractivity (Wildman–Crippen MR) is 69.9 cm³/mol. The van der Waals surface area contributed by atoms with E-state index in [-0.39, 0.29) is 18.3 Å². The summed E-state index contributed by atoms with van der Waals surface area (Å²) in [6.07, 6.45) is 5.34. The molecule has 1 aliphatic heterocycles. The quantitative estimate of drug-likeness (QED) is 0.744. The molecule has 0 aromatic heterocycles. The van der Waals surface area contributed by atoms with Crippen LogP contribution in [-0.4, -0.2) is 25.5 Å². The molecule has 4 heteroatoms. The van der Waals surface area contributed by atoms with E-state index in [4.69, 9.17) is 0 Å². The average Bonchev–Trinajstić information content (AvgIpc) is 2.27. The highest BCUT2D eigenvalue weighted by Crippen LogP contribution is 2.08. The van der Waals surface area contributed by atoms with Crippen molar-refractivity contribution in [2.75, 3.05) is 19.6 Å². The molecule has 2 N–H and O–H groups in total.